The second kappa shape index (κ2) is 8.79. The van der Waals surface area contributed by atoms with Crippen molar-refractivity contribution in [2.45, 2.75) is 32.4 Å². The lowest BCUT2D eigenvalue weighted by molar-refractivity contribution is -0.0498. The summed E-state index contributed by atoms with van der Waals surface area (Å²) in [5, 5.41) is 4.08. The van der Waals surface area contributed by atoms with Crippen LogP contribution in [0.25, 0.3) is 11.8 Å². The molecule has 0 amide bonds. The number of ether oxygens (including phenoxy) is 1. The minimum Gasteiger partial charge on any atom is -0.435 e. The lowest BCUT2D eigenvalue weighted by Crippen LogP contribution is -2.31. The van der Waals surface area contributed by atoms with E-state index in [0.29, 0.717) is 16.9 Å². The monoisotopic (exact) mass is 460 g/mol. The normalized spacial score (nSPS) is 14.9. The van der Waals surface area contributed by atoms with Gasteiger partial charge in [-0.1, -0.05) is 18.2 Å². The SMILES string of the molecule is CC(c1ccc(-n2cncn2)cc1)N(C)S(=O)(=O)C1=Cc2ccc(OC(F)F)cc2CC1. The molecule has 0 bridgehead atoms. The van der Waals surface area contributed by atoms with Crippen LogP contribution in [0.15, 0.2) is 60.0 Å². The number of rotatable bonds is 7. The Bertz CT molecular complexity index is 1230. The van der Waals surface area contributed by atoms with Gasteiger partial charge in [0, 0.05) is 13.1 Å². The molecular weight excluding hydrogens is 438 g/mol. The first kappa shape index (κ1) is 22.1. The Morgan fingerprint density at radius 1 is 1.12 bits per heavy atom. The van der Waals surface area contributed by atoms with Crippen molar-refractivity contribution >= 4 is 16.1 Å². The average molecular weight is 461 g/mol. The number of fused-ring (bicyclic) bond motifs is 1. The van der Waals surface area contributed by atoms with Crippen LogP contribution in [0.1, 0.15) is 36.1 Å². The largest absolute Gasteiger partial charge is 0.435 e. The molecule has 1 heterocycles. The summed E-state index contributed by atoms with van der Waals surface area (Å²) in [4.78, 5) is 4.21. The molecule has 1 aliphatic rings. The molecule has 168 valence electrons. The molecule has 0 saturated carbocycles. The minimum atomic E-state index is -3.72. The zero-order chi connectivity index (χ0) is 22.9. The molecule has 1 atom stereocenters. The summed E-state index contributed by atoms with van der Waals surface area (Å²) in [7, 11) is -2.16. The number of sulfonamides is 1. The van der Waals surface area contributed by atoms with Crippen LogP contribution in [0.2, 0.25) is 0 Å². The Labute approximate surface area is 185 Å². The van der Waals surface area contributed by atoms with Crippen molar-refractivity contribution in [2.24, 2.45) is 0 Å². The van der Waals surface area contributed by atoms with Gasteiger partial charge in [-0.2, -0.15) is 18.2 Å². The van der Waals surface area contributed by atoms with E-state index in [4.69, 9.17) is 0 Å². The van der Waals surface area contributed by atoms with Crippen molar-refractivity contribution in [1.29, 1.82) is 0 Å². The summed E-state index contributed by atoms with van der Waals surface area (Å²) in [6.07, 6.45) is 5.35. The van der Waals surface area contributed by atoms with Gasteiger partial charge in [0.15, 0.2) is 0 Å². The van der Waals surface area contributed by atoms with Gasteiger partial charge in [0.05, 0.1) is 10.6 Å². The fourth-order valence-corrected chi connectivity index (χ4v) is 5.22. The highest BCUT2D eigenvalue weighted by Crippen LogP contribution is 2.33. The third kappa shape index (κ3) is 4.42. The molecule has 3 aromatic rings. The van der Waals surface area contributed by atoms with Gasteiger partial charge in [-0.05, 0) is 66.8 Å². The van der Waals surface area contributed by atoms with Crippen LogP contribution in [0.3, 0.4) is 0 Å². The Morgan fingerprint density at radius 2 is 1.88 bits per heavy atom. The van der Waals surface area contributed by atoms with Crippen LogP contribution in [0.5, 0.6) is 5.75 Å². The molecule has 0 fully saturated rings. The topological polar surface area (TPSA) is 77.3 Å². The van der Waals surface area contributed by atoms with Crippen LogP contribution in [-0.2, 0) is 16.4 Å². The maximum absolute atomic E-state index is 13.3. The first-order valence-electron chi connectivity index (χ1n) is 9.97. The summed E-state index contributed by atoms with van der Waals surface area (Å²) in [5.74, 6) is 0.0681. The number of alkyl halides is 2. The van der Waals surface area contributed by atoms with E-state index in [-0.39, 0.29) is 12.2 Å². The Morgan fingerprint density at radius 3 is 2.53 bits per heavy atom. The number of allylic oxidation sites excluding steroid dienone is 1. The Kier molecular flexibility index (Phi) is 6.07. The predicted molar refractivity (Wildman–Crippen MR) is 116 cm³/mol. The lowest BCUT2D eigenvalue weighted by Gasteiger charge is -2.27. The molecular formula is C22H22F2N4O3S. The van der Waals surface area contributed by atoms with Gasteiger partial charge >= 0.3 is 6.61 Å². The molecule has 32 heavy (non-hydrogen) atoms. The molecule has 1 aliphatic carbocycles. The molecule has 0 aliphatic heterocycles. The third-order valence-electron chi connectivity index (χ3n) is 5.61. The van der Waals surface area contributed by atoms with Gasteiger partial charge in [0.25, 0.3) is 0 Å². The van der Waals surface area contributed by atoms with Crippen LogP contribution in [-0.4, -0.2) is 41.1 Å². The molecule has 0 spiro atoms. The van der Waals surface area contributed by atoms with E-state index < -0.39 is 22.7 Å². The van der Waals surface area contributed by atoms with Crippen molar-refractivity contribution < 1.29 is 21.9 Å². The van der Waals surface area contributed by atoms with E-state index in [9.17, 15) is 17.2 Å². The van der Waals surface area contributed by atoms with E-state index in [1.54, 1.807) is 30.2 Å². The first-order valence-corrected chi connectivity index (χ1v) is 11.4. The van der Waals surface area contributed by atoms with Crippen molar-refractivity contribution in [3.63, 3.8) is 0 Å². The predicted octanol–water partition coefficient (Wildman–Crippen LogP) is 4.18. The van der Waals surface area contributed by atoms with Gasteiger partial charge in [-0.3, -0.25) is 0 Å². The summed E-state index contributed by atoms with van der Waals surface area (Å²) in [6, 6.07) is 11.6. The van der Waals surface area contributed by atoms with Crippen LogP contribution in [0, 0.1) is 0 Å². The molecule has 2 aromatic carbocycles. The molecule has 0 radical (unpaired) electrons. The zero-order valence-corrected chi connectivity index (χ0v) is 18.3. The van der Waals surface area contributed by atoms with Crippen LogP contribution < -0.4 is 4.74 Å². The summed E-state index contributed by atoms with van der Waals surface area (Å²) >= 11 is 0. The van der Waals surface area contributed by atoms with Gasteiger partial charge in [-0.15, -0.1) is 0 Å². The maximum atomic E-state index is 13.3. The molecule has 7 nitrogen and oxygen atoms in total. The van der Waals surface area contributed by atoms with Crippen molar-refractivity contribution in [3.8, 4) is 11.4 Å². The van der Waals surface area contributed by atoms with Gasteiger partial charge in [0.2, 0.25) is 10.0 Å². The summed E-state index contributed by atoms with van der Waals surface area (Å²) < 4.78 is 58.9. The Balaban J connectivity index is 1.54. The van der Waals surface area contributed by atoms with Gasteiger partial charge < -0.3 is 4.74 Å². The number of halogens is 2. The molecule has 4 rings (SSSR count). The van der Waals surface area contributed by atoms with Gasteiger partial charge in [-0.25, -0.2) is 18.1 Å². The van der Waals surface area contributed by atoms with E-state index in [0.717, 1.165) is 16.8 Å². The second-order valence-corrected chi connectivity index (χ2v) is 9.53. The van der Waals surface area contributed by atoms with Crippen molar-refractivity contribution in [3.05, 3.63) is 76.7 Å². The fourth-order valence-electron chi connectivity index (χ4n) is 3.67. The van der Waals surface area contributed by atoms with E-state index in [1.165, 1.54) is 22.8 Å². The smallest absolute Gasteiger partial charge is 0.387 e. The number of aryl methyl sites for hydroxylation is 1. The van der Waals surface area contributed by atoms with E-state index in [2.05, 4.69) is 14.8 Å². The van der Waals surface area contributed by atoms with E-state index >= 15 is 0 Å². The molecule has 0 saturated heterocycles. The summed E-state index contributed by atoms with van der Waals surface area (Å²) in [6.45, 7) is -1.07. The van der Waals surface area contributed by atoms with Crippen LogP contribution >= 0.6 is 0 Å². The summed E-state index contributed by atoms with van der Waals surface area (Å²) in [5.41, 5.74) is 3.13. The molecule has 1 unspecified atom stereocenters. The number of hydrogen-bond donors (Lipinski definition) is 0. The van der Waals surface area contributed by atoms with Crippen LogP contribution in [0.4, 0.5) is 8.78 Å². The lowest BCUT2D eigenvalue weighted by atomic mass is 9.97. The number of hydrogen-bond acceptors (Lipinski definition) is 5. The fraction of sp³-hybridized carbons (Fsp3) is 0.273. The minimum absolute atomic E-state index is 0.0681. The number of aromatic nitrogens is 3. The molecule has 0 N–H and O–H groups in total. The highest BCUT2D eigenvalue weighted by molar-refractivity contribution is 7.93. The quantitative estimate of drug-likeness (QED) is 0.529. The zero-order valence-electron chi connectivity index (χ0n) is 17.5. The molecule has 10 heteroatoms. The van der Waals surface area contributed by atoms with Gasteiger partial charge in [0.1, 0.15) is 18.4 Å². The second-order valence-electron chi connectivity index (χ2n) is 7.48. The highest BCUT2D eigenvalue weighted by Gasteiger charge is 2.30. The highest BCUT2D eigenvalue weighted by atomic mass is 32.2. The number of nitrogens with zero attached hydrogens (tertiary/aromatic N) is 4. The molecule has 1 aromatic heterocycles. The number of benzene rings is 2. The van der Waals surface area contributed by atoms with E-state index in [1.807, 2.05) is 31.2 Å². The van der Waals surface area contributed by atoms with Crippen molar-refractivity contribution in [1.82, 2.24) is 19.1 Å². The third-order valence-corrected chi connectivity index (χ3v) is 7.67. The Hall–Kier alpha value is -3.11. The maximum Gasteiger partial charge on any atom is 0.387 e. The average Bonchev–Trinajstić information content (AvgIpc) is 3.32. The van der Waals surface area contributed by atoms with Crippen molar-refractivity contribution in [2.75, 3.05) is 7.05 Å². The standard InChI is InChI=1S/C22H22F2N4O3S/c1-15(16-3-7-19(8-4-16)28-14-25-13-26-28)27(2)32(29,30)21-10-6-17-11-20(31-22(23)24)9-5-18(17)12-21/h3-5,7-9,11-15,22H,6,10H2,1-2H3. The first-order chi connectivity index (χ1) is 15.3.